The lowest BCUT2D eigenvalue weighted by atomic mass is 10.1. The molecule has 1 rings (SSSR count). The number of nitrogens with one attached hydrogen (secondary N) is 2. The lowest BCUT2D eigenvalue weighted by molar-refractivity contribution is 0.322. The average molecular weight is 295 g/mol. The summed E-state index contributed by atoms with van der Waals surface area (Å²) in [5.74, 6) is 2.65. The normalized spacial score (nSPS) is 9.76. The highest BCUT2D eigenvalue weighted by atomic mass is 16.5. The van der Waals surface area contributed by atoms with Gasteiger partial charge in [0.15, 0.2) is 17.5 Å². The molecule has 1 aromatic rings. The van der Waals surface area contributed by atoms with Gasteiger partial charge in [0.2, 0.25) is 5.75 Å². The van der Waals surface area contributed by atoms with Crippen LogP contribution in [0.3, 0.4) is 0 Å². The van der Waals surface area contributed by atoms with Crippen molar-refractivity contribution < 1.29 is 14.2 Å². The number of hydrogen-bond acceptors (Lipinski definition) is 4. The highest BCUT2D eigenvalue weighted by Gasteiger charge is 2.15. The number of rotatable bonds is 7. The van der Waals surface area contributed by atoms with E-state index in [4.69, 9.17) is 14.2 Å². The third-order valence-corrected chi connectivity index (χ3v) is 2.88. The average Bonchev–Trinajstić information content (AvgIpc) is 2.51. The van der Waals surface area contributed by atoms with Gasteiger partial charge in [-0.3, -0.25) is 0 Å². The van der Waals surface area contributed by atoms with Crippen LogP contribution >= 0.6 is 0 Å². The van der Waals surface area contributed by atoms with Crippen LogP contribution in [0.25, 0.3) is 0 Å². The first kappa shape index (κ1) is 16.9. The first-order chi connectivity index (χ1) is 10.2. The van der Waals surface area contributed by atoms with Crippen molar-refractivity contribution in [1.29, 1.82) is 0 Å². The van der Waals surface area contributed by atoms with E-state index < -0.39 is 0 Å². The molecule has 0 amide bonds. The lowest BCUT2D eigenvalue weighted by Gasteiger charge is -2.15. The van der Waals surface area contributed by atoms with Crippen molar-refractivity contribution in [1.82, 2.24) is 10.6 Å². The smallest absolute Gasteiger partial charge is 0.203 e. The molecule has 6 heteroatoms. The molecule has 0 bridgehead atoms. The highest BCUT2D eigenvalue weighted by molar-refractivity contribution is 5.79. The van der Waals surface area contributed by atoms with Crippen LogP contribution in [0.1, 0.15) is 19.4 Å². The number of aliphatic imine (C=N–C) groups is 1. The molecule has 118 valence electrons. The molecule has 0 aliphatic rings. The van der Waals surface area contributed by atoms with Crippen molar-refractivity contribution in [3.8, 4) is 17.2 Å². The summed E-state index contributed by atoms with van der Waals surface area (Å²) in [6, 6.07) is 3.78. The second-order valence-corrected chi connectivity index (χ2v) is 4.22. The fraction of sp³-hybridized carbons (Fsp3) is 0.533. The standard InChI is InChI=1S/C15H25N3O3/c1-6-16-15(17-7-2)18-10-11-8-9-12(19-3)14(21-5)13(11)20-4/h8-9H,6-7,10H2,1-5H3,(H2,16,17,18). The summed E-state index contributed by atoms with van der Waals surface area (Å²) in [4.78, 5) is 4.53. The molecule has 0 atom stereocenters. The first-order valence-electron chi connectivity index (χ1n) is 7.01. The van der Waals surface area contributed by atoms with Crippen LogP contribution in [0.2, 0.25) is 0 Å². The summed E-state index contributed by atoms with van der Waals surface area (Å²) < 4.78 is 16.1. The van der Waals surface area contributed by atoms with E-state index in [1.807, 2.05) is 26.0 Å². The molecule has 0 heterocycles. The van der Waals surface area contributed by atoms with E-state index in [1.54, 1.807) is 21.3 Å². The van der Waals surface area contributed by atoms with Crippen molar-refractivity contribution >= 4 is 5.96 Å². The van der Waals surface area contributed by atoms with Gasteiger partial charge in [0.05, 0.1) is 27.9 Å². The number of benzene rings is 1. The quantitative estimate of drug-likeness (QED) is 0.593. The van der Waals surface area contributed by atoms with Gasteiger partial charge < -0.3 is 24.8 Å². The molecule has 0 fully saturated rings. The second-order valence-electron chi connectivity index (χ2n) is 4.22. The van der Waals surface area contributed by atoms with E-state index in [2.05, 4.69) is 15.6 Å². The number of methoxy groups -OCH3 is 3. The largest absolute Gasteiger partial charge is 0.493 e. The Balaban J connectivity index is 3.04. The van der Waals surface area contributed by atoms with E-state index in [0.717, 1.165) is 24.6 Å². The molecule has 0 aliphatic carbocycles. The van der Waals surface area contributed by atoms with E-state index in [0.29, 0.717) is 23.8 Å². The van der Waals surface area contributed by atoms with Crippen molar-refractivity contribution in [3.63, 3.8) is 0 Å². The van der Waals surface area contributed by atoms with E-state index >= 15 is 0 Å². The van der Waals surface area contributed by atoms with E-state index in [1.165, 1.54) is 0 Å². The molecular weight excluding hydrogens is 270 g/mol. The van der Waals surface area contributed by atoms with Crippen LogP contribution in [0, 0.1) is 0 Å². The van der Waals surface area contributed by atoms with Crippen molar-refractivity contribution in [2.45, 2.75) is 20.4 Å². The zero-order valence-corrected chi connectivity index (χ0v) is 13.4. The second kappa shape index (κ2) is 8.94. The highest BCUT2D eigenvalue weighted by Crippen LogP contribution is 2.39. The summed E-state index contributed by atoms with van der Waals surface area (Å²) in [7, 11) is 4.81. The van der Waals surface area contributed by atoms with Gasteiger partial charge in [-0.15, -0.1) is 0 Å². The van der Waals surface area contributed by atoms with Gasteiger partial charge in [-0.05, 0) is 26.0 Å². The maximum atomic E-state index is 5.45. The Morgan fingerprint density at radius 2 is 1.57 bits per heavy atom. The van der Waals surface area contributed by atoms with Crippen LogP contribution in [-0.2, 0) is 6.54 Å². The Bertz CT molecular complexity index is 467. The van der Waals surface area contributed by atoms with Gasteiger partial charge in [-0.1, -0.05) is 0 Å². The molecule has 0 saturated carbocycles. The Morgan fingerprint density at radius 3 is 2.05 bits per heavy atom. The number of hydrogen-bond donors (Lipinski definition) is 2. The molecule has 0 aromatic heterocycles. The minimum absolute atomic E-state index is 0.485. The van der Waals surface area contributed by atoms with Gasteiger partial charge >= 0.3 is 0 Å². The van der Waals surface area contributed by atoms with Crippen molar-refractivity contribution in [3.05, 3.63) is 17.7 Å². The predicted molar refractivity (Wildman–Crippen MR) is 84.6 cm³/mol. The number of nitrogens with zero attached hydrogens (tertiary/aromatic N) is 1. The monoisotopic (exact) mass is 295 g/mol. The molecule has 6 nitrogen and oxygen atoms in total. The van der Waals surface area contributed by atoms with Gasteiger partial charge in [0.1, 0.15) is 0 Å². The maximum absolute atomic E-state index is 5.45. The zero-order chi connectivity index (χ0) is 15.7. The summed E-state index contributed by atoms with van der Waals surface area (Å²) in [5, 5.41) is 6.37. The van der Waals surface area contributed by atoms with Crippen LogP contribution in [-0.4, -0.2) is 40.4 Å². The molecule has 0 unspecified atom stereocenters. The zero-order valence-electron chi connectivity index (χ0n) is 13.4. The van der Waals surface area contributed by atoms with Gasteiger partial charge in [0.25, 0.3) is 0 Å². The maximum Gasteiger partial charge on any atom is 0.203 e. The van der Waals surface area contributed by atoms with Crippen LogP contribution in [0.4, 0.5) is 0 Å². The van der Waals surface area contributed by atoms with Crippen LogP contribution in [0.5, 0.6) is 17.2 Å². The molecule has 21 heavy (non-hydrogen) atoms. The SMILES string of the molecule is CCNC(=NCc1ccc(OC)c(OC)c1OC)NCC. The van der Waals surface area contributed by atoms with Crippen LogP contribution in [0.15, 0.2) is 17.1 Å². The third-order valence-electron chi connectivity index (χ3n) is 2.88. The Kier molecular flexibility index (Phi) is 7.21. The molecule has 1 aromatic carbocycles. The minimum atomic E-state index is 0.485. The third kappa shape index (κ3) is 4.44. The summed E-state index contributed by atoms with van der Waals surface area (Å²) in [6.07, 6.45) is 0. The van der Waals surface area contributed by atoms with Gasteiger partial charge in [-0.2, -0.15) is 0 Å². The number of guanidine groups is 1. The minimum Gasteiger partial charge on any atom is -0.493 e. The van der Waals surface area contributed by atoms with Crippen molar-refractivity contribution in [2.75, 3.05) is 34.4 Å². The summed E-state index contributed by atoms with van der Waals surface area (Å²) >= 11 is 0. The number of ether oxygens (including phenoxy) is 3. The summed E-state index contributed by atoms with van der Waals surface area (Å²) in [6.45, 7) is 6.18. The van der Waals surface area contributed by atoms with E-state index in [-0.39, 0.29) is 0 Å². The Labute approximate surface area is 126 Å². The Morgan fingerprint density at radius 1 is 0.952 bits per heavy atom. The molecule has 0 spiro atoms. The molecular formula is C15H25N3O3. The van der Waals surface area contributed by atoms with Gasteiger partial charge in [-0.25, -0.2) is 4.99 Å². The Hall–Kier alpha value is -2.11. The lowest BCUT2D eigenvalue weighted by Crippen LogP contribution is -2.36. The molecule has 0 saturated heterocycles. The molecule has 2 N–H and O–H groups in total. The molecule has 0 radical (unpaired) electrons. The molecule has 0 aliphatic heterocycles. The first-order valence-corrected chi connectivity index (χ1v) is 7.01. The predicted octanol–water partition coefficient (Wildman–Crippen LogP) is 1.79. The summed E-state index contributed by atoms with van der Waals surface area (Å²) in [5.41, 5.74) is 0.934. The fourth-order valence-electron chi connectivity index (χ4n) is 1.96. The topological polar surface area (TPSA) is 64.1 Å². The van der Waals surface area contributed by atoms with Gasteiger partial charge in [0, 0.05) is 18.7 Å². The van der Waals surface area contributed by atoms with Crippen LogP contribution < -0.4 is 24.8 Å². The fourth-order valence-corrected chi connectivity index (χ4v) is 1.96. The van der Waals surface area contributed by atoms with E-state index in [9.17, 15) is 0 Å². The van der Waals surface area contributed by atoms with Crippen molar-refractivity contribution in [2.24, 2.45) is 4.99 Å².